The van der Waals surface area contributed by atoms with Gasteiger partial charge in [-0.2, -0.15) is 0 Å². The van der Waals surface area contributed by atoms with Gasteiger partial charge in [0.1, 0.15) is 23.7 Å². The molecule has 0 spiro atoms. The van der Waals surface area contributed by atoms with Crippen molar-refractivity contribution in [3.05, 3.63) is 58.9 Å². The smallest absolute Gasteiger partial charge is 0.322 e. The van der Waals surface area contributed by atoms with E-state index >= 15 is 0 Å². The predicted molar refractivity (Wildman–Crippen MR) is 130 cm³/mol. The molecule has 3 N–H and O–H groups in total. The Morgan fingerprint density at radius 3 is 2.53 bits per heavy atom. The average Bonchev–Trinajstić information content (AvgIpc) is 3.13. The summed E-state index contributed by atoms with van der Waals surface area (Å²) in [6.45, 7) is 5.91. The highest BCUT2D eigenvalue weighted by Crippen LogP contribution is 2.34. The maximum Gasteiger partial charge on any atom is 0.322 e. The standard InChI is InChI=1S/C26H29FN4O5/c1-26(2,3)18-8-5-15(12-19(18)27)28-24(34)22-17-7-6-16(36-4)11-14(17)9-10-31(22)21(32)13-20-23(33)30-25(35)29-20/h5-8,11-12,20,22H,9-10,13H2,1-4H3,(H,28,34)(H2,29,30,33,35). The summed E-state index contributed by atoms with van der Waals surface area (Å²) in [6.07, 6.45) is 0.182. The summed E-state index contributed by atoms with van der Waals surface area (Å²) in [5.41, 5.74) is 1.84. The lowest BCUT2D eigenvalue weighted by molar-refractivity contribution is -0.140. The number of benzene rings is 2. The number of rotatable bonds is 5. The van der Waals surface area contributed by atoms with Gasteiger partial charge < -0.3 is 20.3 Å². The Morgan fingerprint density at radius 2 is 1.92 bits per heavy atom. The molecule has 10 heteroatoms. The van der Waals surface area contributed by atoms with E-state index < -0.39 is 47.1 Å². The monoisotopic (exact) mass is 496 g/mol. The first kappa shape index (κ1) is 25.2. The number of urea groups is 1. The van der Waals surface area contributed by atoms with Crippen molar-refractivity contribution in [3.8, 4) is 5.75 Å². The maximum atomic E-state index is 14.8. The number of hydrogen-bond donors (Lipinski definition) is 3. The Hall–Kier alpha value is -3.95. The fraction of sp³-hybridized carbons (Fsp3) is 0.385. The number of methoxy groups -OCH3 is 1. The van der Waals surface area contributed by atoms with Gasteiger partial charge in [-0.3, -0.25) is 19.7 Å². The van der Waals surface area contributed by atoms with Gasteiger partial charge >= 0.3 is 6.03 Å². The molecule has 1 saturated heterocycles. The van der Waals surface area contributed by atoms with E-state index in [2.05, 4.69) is 16.0 Å². The second-order valence-electron chi connectivity index (χ2n) is 9.96. The van der Waals surface area contributed by atoms with Crippen LogP contribution in [0.4, 0.5) is 14.9 Å². The Morgan fingerprint density at radius 1 is 1.17 bits per heavy atom. The van der Waals surface area contributed by atoms with Crippen LogP contribution in [-0.2, 0) is 26.2 Å². The first-order valence-electron chi connectivity index (χ1n) is 11.7. The van der Waals surface area contributed by atoms with Crippen molar-refractivity contribution in [2.45, 2.75) is 51.1 Å². The minimum atomic E-state index is -1.02. The van der Waals surface area contributed by atoms with Crippen LogP contribution >= 0.6 is 0 Å². The van der Waals surface area contributed by atoms with Crippen molar-refractivity contribution in [1.29, 1.82) is 0 Å². The number of nitrogens with one attached hydrogen (secondary N) is 3. The quantitative estimate of drug-likeness (QED) is 0.551. The van der Waals surface area contributed by atoms with E-state index in [0.717, 1.165) is 5.56 Å². The van der Waals surface area contributed by atoms with E-state index in [4.69, 9.17) is 4.74 Å². The highest BCUT2D eigenvalue weighted by molar-refractivity contribution is 6.06. The van der Waals surface area contributed by atoms with Gasteiger partial charge in [0.05, 0.1) is 13.5 Å². The third-order valence-corrected chi connectivity index (χ3v) is 6.43. The summed E-state index contributed by atoms with van der Waals surface area (Å²) in [6, 6.07) is 7.09. The van der Waals surface area contributed by atoms with Crippen LogP contribution in [0.15, 0.2) is 36.4 Å². The molecule has 2 aliphatic heterocycles. The zero-order chi connectivity index (χ0) is 26.2. The third-order valence-electron chi connectivity index (χ3n) is 6.43. The lowest BCUT2D eigenvalue weighted by Crippen LogP contribution is -2.47. The lowest BCUT2D eigenvalue weighted by atomic mass is 9.86. The number of hydrogen-bond acceptors (Lipinski definition) is 5. The SMILES string of the molecule is COc1ccc2c(c1)CCN(C(=O)CC1NC(=O)NC1=O)C2C(=O)Nc1ccc(C(C)(C)C)c(F)c1. The van der Waals surface area contributed by atoms with E-state index in [0.29, 0.717) is 23.3 Å². The van der Waals surface area contributed by atoms with E-state index in [-0.39, 0.29) is 18.7 Å². The van der Waals surface area contributed by atoms with Gasteiger partial charge in [-0.25, -0.2) is 9.18 Å². The van der Waals surface area contributed by atoms with Crippen LogP contribution in [0.1, 0.15) is 49.9 Å². The molecule has 2 aliphatic rings. The van der Waals surface area contributed by atoms with Gasteiger partial charge in [-0.1, -0.05) is 32.9 Å². The molecule has 2 aromatic carbocycles. The first-order valence-corrected chi connectivity index (χ1v) is 11.7. The second-order valence-corrected chi connectivity index (χ2v) is 9.96. The number of imide groups is 1. The van der Waals surface area contributed by atoms with Crippen molar-refractivity contribution >= 4 is 29.4 Å². The zero-order valence-corrected chi connectivity index (χ0v) is 20.6. The Kier molecular flexibility index (Phi) is 6.71. The predicted octanol–water partition coefficient (Wildman–Crippen LogP) is 2.79. The van der Waals surface area contributed by atoms with Crippen LogP contribution in [0.5, 0.6) is 5.75 Å². The molecule has 2 atom stereocenters. The molecule has 9 nitrogen and oxygen atoms in total. The first-order chi connectivity index (χ1) is 17.0. The van der Waals surface area contributed by atoms with Gasteiger partial charge in [0.25, 0.3) is 11.8 Å². The van der Waals surface area contributed by atoms with E-state index in [1.807, 2.05) is 26.8 Å². The number of carbonyl (C=O) groups excluding carboxylic acids is 4. The molecular formula is C26H29FN4O5. The molecule has 0 bridgehead atoms. The summed E-state index contributed by atoms with van der Waals surface area (Å²) < 4.78 is 20.1. The van der Waals surface area contributed by atoms with Crippen molar-refractivity contribution in [1.82, 2.24) is 15.5 Å². The van der Waals surface area contributed by atoms with Gasteiger partial charge in [0.15, 0.2) is 0 Å². The Bertz CT molecular complexity index is 1240. The summed E-state index contributed by atoms with van der Waals surface area (Å²) >= 11 is 0. The molecule has 36 heavy (non-hydrogen) atoms. The highest BCUT2D eigenvalue weighted by atomic mass is 19.1. The zero-order valence-electron chi connectivity index (χ0n) is 20.6. The largest absolute Gasteiger partial charge is 0.497 e. The fourth-order valence-electron chi connectivity index (χ4n) is 4.59. The van der Waals surface area contributed by atoms with E-state index in [1.165, 1.54) is 11.0 Å². The molecular weight excluding hydrogens is 467 g/mol. The molecule has 2 heterocycles. The van der Waals surface area contributed by atoms with Crippen LogP contribution in [0.3, 0.4) is 0 Å². The molecule has 0 saturated carbocycles. The number of fused-ring (bicyclic) bond motifs is 1. The van der Waals surface area contributed by atoms with Crippen molar-refractivity contribution in [2.75, 3.05) is 19.0 Å². The number of ether oxygens (including phenoxy) is 1. The van der Waals surface area contributed by atoms with Gasteiger partial charge in [-0.05, 0) is 52.8 Å². The normalized spacial score (nSPS) is 19.3. The van der Waals surface area contributed by atoms with Crippen LogP contribution in [0, 0.1) is 5.82 Å². The lowest BCUT2D eigenvalue weighted by Gasteiger charge is -2.37. The Labute approximate surface area is 208 Å². The number of carbonyl (C=O) groups is 4. The van der Waals surface area contributed by atoms with Crippen LogP contribution < -0.4 is 20.7 Å². The summed E-state index contributed by atoms with van der Waals surface area (Å²) in [5.74, 6) is -1.39. The topological polar surface area (TPSA) is 117 Å². The van der Waals surface area contributed by atoms with Gasteiger partial charge in [0, 0.05) is 12.2 Å². The fourth-order valence-corrected chi connectivity index (χ4v) is 4.59. The number of nitrogens with zero attached hydrogens (tertiary/aromatic N) is 1. The molecule has 0 aromatic heterocycles. The summed E-state index contributed by atoms with van der Waals surface area (Å²) in [7, 11) is 1.54. The highest BCUT2D eigenvalue weighted by Gasteiger charge is 2.39. The van der Waals surface area contributed by atoms with Gasteiger partial charge in [-0.15, -0.1) is 0 Å². The average molecular weight is 497 g/mol. The molecule has 2 aromatic rings. The van der Waals surface area contributed by atoms with Crippen LogP contribution in [0.2, 0.25) is 0 Å². The molecule has 2 unspecified atom stereocenters. The summed E-state index contributed by atoms with van der Waals surface area (Å²) in [4.78, 5) is 51.6. The van der Waals surface area contributed by atoms with Crippen LogP contribution in [0.25, 0.3) is 0 Å². The molecule has 1 fully saturated rings. The number of anilines is 1. The van der Waals surface area contributed by atoms with Crippen LogP contribution in [-0.4, -0.2) is 48.3 Å². The molecule has 0 aliphatic carbocycles. The minimum Gasteiger partial charge on any atom is -0.497 e. The second kappa shape index (κ2) is 9.60. The number of amides is 5. The molecule has 5 amide bonds. The van der Waals surface area contributed by atoms with E-state index in [1.54, 1.807) is 31.4 Å². The molecule has 4 rings (SSSR count). The van der Waals surface area contributed by atoms with Crippen molar-refractivity contribution in [2.24, 2.45) is 0 Å². The van der Waals surface area contributed by atoms with Gasteiger partial charge in [0.2, 0.25) is 5.91 Å². The minimum absolute atomic E-state index is 0.219. The van der Waals surface area contributed by atoms with E-state index in [9.17, 15) is 23.6 Å². The molecule has 0 radical (unpaired) electrons. The maximum absolute atomic E-state index is 14.8. The summed E-state index contributed by atoms with van der Waals surface area (Å²) in [5, 5.41) is 7.25. The molecule has 190 valence electrons. The number of halogens is 1. The van der Waals surface area contributed by atoms with Crippen molar-refractivity contribution in [3.63, 3.8) is 0 Å². The Balaban J connectivity index is 1.63. The third kappa shape index (κ3) is 5.02. The van der Waals surface area contributed by atoms with Crippen molar-refractivity contribution < 1.29 is 28.3 Å².